The van der Waals surface area contributed by atoms with Crippen LogP contribution in [-0.2, 0) is 6.42 Å². The van der Waals surface area contributed by atoms with E-state index in [-0.39, 0.29) is 34.6 Å². The number of hydrogen-bond donors (Lipinski definition) is 3. The van der Waals surface area contributed by atoms with Crippen molar-refractivity contribution in [2.75, 3.05) is 14.1 Å². The molecule has 0 radical (unpaired) electrons. The third-order valence-corrected chi connectivity index (χ3v) is 3.75. The van der Waals surface area contributed by atoms with E-state index in [1.807, 2.05) is 25.1 Å². The zero-order valence-electron chi connectivity index (χ0n) is 15.1. The summed E-state index contributed by atoms with van der Waals surface area (Å²) in [5, 5.41) is 10.5. The molecular weight excluding hydrogens is 330 g/mol. The first-order valence-electron chi connectivity index (χ1n) is 8.15. The van der Waals surface area contributed by atoms with Crippen molar-refractivity contribution >= 4 is 29.0 Å². The lowest BCUT2D eigenvalue weighted by Crippen LogP contribution is -2.30. The topological polar surface area (TPSA) is 117 Å². The Morgan fingerprint density at radius 3 is 2.23 bits per heavy atom. The van der Waals surface area contributed by atoms with E-state index in [1.165, 1.54) is 4.90 Å². The number of aliphatic imine (C=N–C) groups is 2. The van der Waals surface area contributed by atoms with Gasteiger partial charge in [-0.2, -0.15) is 0 Å². The molecule has 0 heterocycles. The molecule has 1 amide bonds. The number of carbonyl (C=O) groups is 1. The van der Waals surface area contributed by atoms with E-state index in [0.29, 0.717) is 12.1 Å². The second kappa shape index (κ2) is 8.15. The number of phenols is 1. The van der Waals surface area contributed by atoms with Crippen molar-refractivity contribution in [1.82, 2.24) is 4.90 Å². The Kier molecular flexibility index (Phi) is 5.95. The van der Waals surface area contributed by atoms with Crippen LogP contribution in [0.4, 0.5) is 11.4 Å². The highest BCUT2D eigenvalue weighted by atomic mass is 16.3. The molecule has 0 saturated heterocycles. The first-order chi connectivity index (χ1) is 12.3. The van der Waals surface area contributed by atoms with Crippen molar-refractivity contribution in [3.63, 3.8) is 0 Å². The molecule has 0 bridgehead atoms. The highest BCUT2D eigenvalue weighted by Crippen LogP contribution is 2.33. The smallest absolute Gasteiger partial charge is 0.257 e. The normalized spacial score (nSPS) is 12.1. The molecule has 0 spiro atoms. The van der Waals surface area contributed by atoms with Crippen molar-refractivity contribution in [2.45, 2.75) is 13.3 Å². The van der Waals surface area contributed by atoms with Gasteiger partial charge in [0.25, 0.3) is 5.91 Å². The van der Waals surface area contributed by atoms with Crippen molar-refractivity contribution in [3.8, 4) is 5.75 Å². The molecule has 2 rings (SSSR count). The number of nitrogens with two attached hydrogens (primary N) is 2. The summed E-state index contributed by atoms with van der Waals surface area (Å²) in [5.74, 6) is -0.549. The third-order valence-electron chi connectivity index (χ3n) is 3.75. The Morgan fingerprint density at radius 2 is 1.65 bits per heavy atom. The highest BCUT2D eigenvalue weighted by Gasteiger charge is 2.20. The van der Waals surface area contributed by atoms with Gasteiger partial charge in [-0.15, -0.1) is 0 Å². The molecule has 26 heavy (non-hydrogen) atoms. The van der Waals surface area contributed by atoms with Gasteiger partial charge in [-0.05, 0) is 30.2 Å². The number of amidine groups is 2. The van der Waals surface area contributed by atoms with Crippen LogP contribution in [0.1, 0.15) is 22.8 Å². The Labute approximate surface area is 152 Å². The number of nitrogens with zero attached hydrogens (tertiary/aromatic N) is 3. The largest absolute Gasteiger partial charge is 0.505 e. The molecule has 0 unspecified atom stereocenters. The van der Waals surface area contributed by atoms with Gasteiger partial charge in [0.2, 0.25) is 0 Å². The van der Waals surface area contributed by atoms with Gasteiger partial charge < -0.3 is 21.5 Å². The molecule has 7 heteroatoms. The van der Waals surface area contributed by atoms with E-state index < -0.39 is 0 Å². The van der Waals surface area contributed by atoms with Crippen molar-refractivity contribution < 1.29 is 9.90 Å². The zero-order chi connectivity index (χ0) is 19.3. The lowest BCUT2D eigenvalue weighted by molar-refractivity contribution is 0.0823. The summed E-state index contributed by atoms with van der Waals surface area (Å²) in [4.78, 5) is 22.1. The number of benzene rings is 2. The van der Waals surface area contributed by atoms with Crippen LogP contribution >= 0.6 is 0 Å². The van der Waals surface area contributed by atoms with Crippen LogP contribution in [0, 0.1) is 0 Å². The van der Waals surface area contributed by atoms with Crippen LogP contribution < -0.4 is 11.5 Å². The summed E-state index contributed by atoms with van der Waals surface area (Å²) in [7, 11) is 3.24. The van der Waals surface area contributed by atoms with E-state index in [0.717, 1.165) is 5.56 Å². The fourth-order valence-corrected chi connectivity index (χ4v) is 2.35. The summed E-state index contributed by atoms with van der Waals surface area (Å²) in [6, 6.07) is 12.4. The van der Waals surface area contributed by atoms with E-state index in [9.17, 15) is 9.90 Å². The minimum absolute atomic E-state index is 0.0238. The number of phenolic OH excluding ortho intramolecular Hbond substituents is 1. The van der Waals surface area contributed by atoms with E-state index in [4.69, 9.17) is 11.5 Å². The van der Waals surface area contributed by atoms with Crippen LogP contribution in [0.3, 0.4) is 0 Å². The number of aryl methyl sites for hydroxylation is 1. The lowest BCUT2D eigenvalue weighted by Gasteiger charge is -2.16. The molecule has 5 N–H and O–H groups in total. The maximum Gasteiger partial charge on any atom is 0.257 e. The first-order valence-corrected chi connectivity index (χ1v) is 8.15. The fourth-order valence-electron chi connectivity index (χ4n) is 2.35. The van der Waals surface area contributed by atoms with Gasteiger partial charge in [-0.3, -0.25) is 4.79 Å². The maximum atomic E-state index is 12.4. The average molecular weight is 353 g/mol. The summed E-state index contributed by atoms with van der Waals surface area (Å²) in [5.41, 5.74) is 13.5. The number of aromatic hydroxyl groups is 1. The van der Waals surface area contributed by atoms with Gasteiger partial charge in [0, 0.05) is 14.1 Å². The third kappa shape index (κ3) is 4.18. The van der Waals surface area contributed by atoms with E-state index >= 15 is 0 Å². The highest BCUT2D eigenvalue weighted by molar-refractivity contribution is 6.40. The van der Waals surface area contributed by atoms with Gasteiger partial charge in [0.05, 0.1) is 11.3 Å². The minimum atomic E-state index is -0.305. The quantitative estimate of drug-likeness (QED) is 0.577. The average Bonchev–Trinajstić information content (AvgIpc) is 2.63. The molecule has 2 aromatic rings. The number of amides is 1. The SMILES string of the molecule is CCc1ccc(N=C(N)C(N)=Nc2ccccc2)c(O)c1C(=O)N(C)C. The molecule has 7 nitrogen and oxygen atoms in total. The summed E-state index contributed by atoms with van der Waals surface area (Å²) < 4.78 is 0. The van der Waals surface area contributed by atoms with Gasteiger partial charge in [-0.25, -0.2) is 9.98 Å². The fraction of sp³-hybridized carbons (Fsp3) is 0.211. The van der Waals surface area contributed by atoms with Crippen molar-refractivity contribution in [1.29, 1.82) is 0 Å². The number of rotatable bonds is 4. The van der Waals surface area contributed by atoms with Crippen LogP contribution in [0.2, 0.25) is 0 Å². The maximum absolute atomic E-state index is 12.4. The van der Waals surface area contributed by atoms with Crippen LogP contribution in [0.5, 0.6) is 5.75 Å². The second-order valence-corrected chi connectivity index (χ2v) is 5.85. The van der Waals surface area contributed by atoms with Crippen LogP contribution in [0.15, 0.2) is 52.4 Å². The van der Waals surface area contributed by atoms with Gasteiger partial charge in [0.15, 0.2) is 17.4 Å². The molecule has 136 valence electrons. The zero-order valence-corrected chi connectivity index (χ0v) is 15.1. The van der Waals surface area contributed by atoms with Crippen molar-refractivity contribution in [3.05, 3.63) is 53.6 Å². The molecular formula is C19H23N5O2. The number of hydrogen-bond acceptors (Lipinski definition) is 4. The Morgan fingerprint density at radius 1 is 1.04 bits per heavy atom. The summed E-state index contributed by atoms with van der Waals surface area (Å²) in [6.45, 7) is 1.91. The molecule has 0 fully saturated rings. The standard InChI is InChI=1S/C19H23N5O2/c1-4-12-10-11-14(16(25)15(12)19(26)24(2)3)23-18(21)17(20)22-13-8-6-5-7-9-13/h5-11,25H,4H2,1-3H3,(H2,20,22)(H2,21,23). The van der Waals surface area contributed by atoms with Crippen molar-refractivity contribution in [2.24, 2.45) is 21.5 Å². The van der Waals surface area contributed by atoms with Gasteiger partial charge in [-0.1, -0.05) is 31.2 Å². The predicted octanol–water partition coefficient (Wildman–Crippen LogP) is 2.33. The molecule has 0 saturated carbocycles. The summed E-state index contributed by atoms with van der Waals surface area (Å²) >= 11 is 0. The Hall–Kier alpha value is -3.35. The number of para-hydroxylation sites is 1. The molecule has 0 aliphatic heterocycles. The van der Waals surface area contributed by atoms with Gasteiger partial charge in [0.1, 0.15) is 5.69 Å². The predicted molar refractivity (Wildman–Crippen MR) is 105 cm³/mol. The molecule has 2 aromatic carbocycles. The first kappa shape index (κ1) is 19.0. The van der Waals surface area contributed by atoms with E-state index in [1.54, 1.807) is 38.4 Å². The van der Waals surface area contributed by atoms with Crippen LogP contribution in [-0.4, -0.2) is 41.7 Å². The summed E-state index contributed by atoms with van der Waals surface area (Å²) in [6.07, 6.45) is 0.597. The van der Waals surface area contributed by atoms with E-state index in [2.05, 4.69) is 9.98 Å². The lowest BCUT2D eigenvalue weighted by atomic mass is 10.0. The molecule has 0 aromatic heterocycles. The Bertz CT molecular complexity index is 858. The molecule has 0 aliphatic carbocycles. The number of carbonyl (C=O) groups excluding carboxylic acids is 1. The monoisotopic (exact) mass is 353 g/mol. The minimum Gasteiger partial charge on any atom is -0.505 e. The van der Waals surface area contributed by atoms with Gasteiger partial charge >= 0.3 is 0 Å². The van der Waals surface area contributed by atoms with Crippen LogP contribution in [0.25, 0.3) is 0 Å². The molecule has 0 atom stereocenters. The molecule has 0 aliphatic rings. The second-order valence-electron chi connectivity index (χ2n) is 5.85. The Balaban J connectivity index is 2.45.